The zero-order valence-corrected chi connectivity index (χ0v) is 17.4. The highest BCUT2D eigenvalue weighted by Gasteiger charge is 2.21. The molecule has 9 heteroatoms. The number of halogens is 1. The summed E-state index contributed by atoms with van der Waals surface area (Å²) < 4.78 is 1.93. The van der Waals surface area contributed by atoms with E-state index in [1.807, 2.05) is 37.5 Å². The van der Waals surface area contributed by atoms with Crippen LogP contribution in [0.1, 0.15) is 27.7 Å². The van der Waals surface area contributed by atoms with E-state index in [-0.39, 0.29) is 5.91 Å². The first kappa shape index (κ1) is 21.2. The van der Waals surface area contributed by atoms with Crippen molar-refractivity contribution in [2.45, 2.75) is 44.6 Å². The molecule has 1 atom stereocenters. The zero-order valence-electron chi connectivity index (χ0n) is 15.8. The Hall–Kier alpha value is -2.06. The second kappa shape index (κ2) is 9.75. The van der Waals surface area contributed by atoms with Crippen molar-refractivity contribution in [2.75, 3.05) is 6.54 Å². The fourth-order valence-electron chi connectivity index (χ4n) is 2.24. The summed E-state index contributed by atoms with van der Waals surface area (Å²) in [5.74, 6) is 0.644. The van der Waals surface area contributed by atoms with Gasteiger partial charge in [0.2, 0.25) is 5.91 Å². The largest absolute Gasteiger partial charge is 0.338 e. The second-order valence-electron chi connectivity index (χ2n) is 6.41. The summed E-state index contributed by atoms with van der Waals surface area (Å²) in [6, 6.07) is 6.86. The van der Waals surface area contributed by atoms with Crippen LogP contribution in [0.5, 0.6) is 0 Å². The van der Waals surface area contributed by atoms with Crippen molar-refractivity contribution in [1.29, 1.82) is 0 Å². The molecule has 0 saturated carbocycles. The highest BCUT2D eigenvalue weighted by atomic mass is 35.5. The smallest absolute Gasteiger partial charge is 0.321 e. The number of hydrogen-bond acceptors (Lipinski definition) is 5. The third kappa shape index (κ3) is 5.97. The van der Waals surface area contributed by atoms with Crippen LogP contribution >= 0.6 is 23.4 Å². The number of nitrogens with zero attached hydrogens (tertiary/aromatic N) is 3. The molecule has 0 bridgehead atoms. The van der Waals surface area contributed by atoms with Crippen molar-refractivity contribution in [1.82, 2.24) is 25.4 Å². The molecular weight excluding hydrogens is 386 g/mol. The van der Waals surface area contributed by atoms with E-state index in [4.69, 9.17) is 11.6 Å². The van der Waals surface area contributed by atoms with E-state index in [2.05, 4.69) is 20.8 Å². The summed E-state index contributed by atoms with van der Waals surface area (Å²) in [5.41, 5.74) is 0.894. The number of thioether (sulfide) groups is 1. The predicted octanol–water partition coefficient (Wildman–Crippen LogP) is 3.58. The highest BCUT2D eigenvalue weighted by molar-refractivity contribution is 8.00. The predicted molar refractivity (Wildman–Crippen MR) is 108 cm³/mol. The van der Waals surface area contributed by atoms with Crippen LogP contribution < -0.4 is 10.6 Å². The van der Waals surface area contributed by atoms with Crippen LogP contribution in [-0.2, 0) is 11.3 Å². The van der Waals surface area contributed by atoms with E-state index < -0.39 is 11.3 Å². The molecule has 0 spiro atoms. The highest BCUT2D eigenvalue weighted by Crippen LogP contribution is 2.27. The Balaban J connectivity index is 2.05. The molecule has 0 aliphatic rings. The molecule has 2 rings (SSSR count). The van der Waals surface area contributed by atoms with Gasteiger partial charge in [0.1, 0.15) is 0 Å². The van der Waals surface area contributed by atoms with Gasteiger partial charge in [0.05, 0.1) is 5.25 Å². The van der Waals surface area contributed by atoms with Crippen molar-refractivity contribution in [2.24, 2.45) is 5.92 Å². The molecule has 0 saturated heterocycles. The van der Waals surface area contributed by atoms with E-state index in [9.17, 15) is 9.59 Å². The summed E-state index contributed by atoms with van der Waals surface area (Å²) in [6.07, 6.45) is 0. The Morgan fingerprint density at radius 1 is 1.19 bits per heavy atom. The lowest BCUT2D eigenvalue weighted by Crippen LogP contribution is -2.43. The Labute approximate surface area is 168 Å². The van der Waals surface area contributed by atoms with Crippen molar-refractivity contribution in [3.63, 3.8) is 0 Å². The number of carbonyl (C=O) groups excluding carboxylic acids is 2. The number of aromatic nitrogens is 3. The number of amides is 3. The Bertz CT molecular complexity index is 792. The van der Waals surface area contributed by atoms with Gasteiger partial charge >= 0.3 is 6.03 Å². The molecule has 146 valence electrons. The van der Waals surface area contributed by atoms with Gasteiger partial charge in [0.15, 0.2) is 11.0 Å². The molecular formula is C18H24ClN5O2S. The molecule has 2 N–H and O–H groups in total. The van der Waals surface area contributed by atoms with Crippen LogP contribution in [0.4, 0.5) is 4.79 Å². The molecule has 1 heterocycles. The maximum Gasteiger partial charge on any atom is 0.321 e. The Kier molecular flexibility index (Phi) is 7.67. The van der Waals surface area contributed by atoms with Crippen LogP contribution in [-0.4, -0.2) is 38.5 Å². The maximum atomic E-state index is 12.3. The van der Waals surface area contributed by atoms with Crippen molar-refractivity contribution in [3.05, 3.63) is 29.3 Å². The summed E-state index contributed by atoms with van der Waals surface area (Å²) in [6.45, 7) is 8.84. The van der Waals surface area contributed by atoms with Gasteiger partial charge in [-0.3, -0.25) is 10.1 Å². The van der Waals surface area contributed by atoms with Gasteiger partial charge in [0, 0.05) is 23.7 Å². The Morgan fingerprint density at radius 3 is 2.44 bits per heavy atom. The quantitative estimate of drug-likeness (QED) is 0.682. The lowest BCUT2D eigenvalue weighted by Gasteiger charge is -2.13. The van der Waals surface area contributed by atoms with Crippen LogP contribution in [0.15, 0.2) is 29.4 Å². The van der Waals surface area contributed by atoms with E-state index in [0.717, 1.165) is 5.56 Å². The molecule has 0 fully saturated rings. The molecule has 0 aliphatic heterocycles. The zero-order chi connectivity index (χ0) is 20.0. The average Bonchev–Trinajstić information content (AvgIpc) is 3.03. The summed E-state index contributed by atoms with van der Waals surface area (Å²) >= 11 is 7.20. The van der Waals surface area contributed by atoms with Gasteiger partial charge < -0.3 is 9.88 Å². The monoisotopic (exact) mass is 409 g/mol. The number of rotatable bonds is 7. The standard InChI is InChI=1S/C18H24ClN5O2S/c1-5-24-15(13-6-8-14(19)9-7-13)22-23-18(24)27-12(4)16(25)21-17(26)20-10-11(2)3/h6-9,11-12H,5,10H2,1-4H3,(H2,20,21,25,26). The van der Waals surface area contributed by atoms with E-state index in [0.29, 0.717) is 35.0 Å². The first-order valence-electron chi connectivity index (χ1n) is 8.76. The molecule has 0 radical (unpaired) electrons. The second-order valence-corrected chi connectivity index (χ2v) is 8.15. The van der Waals surface area contributed by atoms with Gasteiger partial charge in [-0.1, -0.05) is 37.2 Å². The van der Waals surface area contributed by atoms with Crippen molar-refractivity contribution >= 4 is 35.3 Å². The third-order valence-corrected chi connectivity index (χ3v) is 5.03. The molecule has 3 amide bonds. The van der Waals surface area contributed by atoms with Gasteiger partial charge in [-0.05, 0) is 44.0 Å². The topological polar surface area (TPSA) is 88.9 Å². The minimum Gasteiger partial charge on any atom is -0.338 e. The first-order valence-corrected chi connectivity index (χ1v) is 10.0. The molecule has 2 aromatic rings. The van der Waals surface area contributed by atoms with Gasteiger partial charge in [-0.25, -0.2) is 4.79 Å². The number of urea groups is 1. The summed E-state index contributed by atoms with van der Waals surface area (Å²) in [4.78, 5) is 24.0. The van der Waals surface area contributed by atoms with E-state index >= 15 is 0 Å². The van der Waals surface area contributed by atoms with Crippen LogP contribution in [0.25, 0.3) is 11.4 Å². The van der Waals surface area contributed by atoms with Crippen LogP contribution in [0.2, 0.25) is 5.02 Å². The SMILES string of the molecule is CCn1c(SC(C)C(=O)NC(=O)NCC(C)C)nnc1-c1ccc(Cl)cc1. The van der Waals surface area contributed by atoms with E-state index in [1.165, 1.54) is 11.8 Å². The van der Waals surface area contributed by atoms with Gasteiger partial charge in [-0.15, -0.1) is 10.2 Å². The molecule has 0 aliphatic carbocycles. The van der Waals surface area contributed by atoms with Crippen molar-refractivity contribution in [3.8, 4) is 11.4 Å². The number of imide groups is 1. The lowest BCUT2D eigenvalue weighted by molar-refractivity contribution is -0.119. The van der Waals surface area contributed by atoms with E-state index in [1.54, 1.807) is 19.1 Å². The van der Waals surface area contributed by atoms with Gasteiger partial charge in [-0.2, -0.15) is 0 Å². The minimum atomic E-state index is -0.498. The average molecular weight is 410 g/mol. The molecule has 1 unspecified atom stereocenters. The lowest BCUT2D eigenvalue weighted by atomic mass is 10.2. The number of hydrogen-bond donors (Lipinski definition) is 2. The minimum absolute atomic E-state index is 0.312. The van der Waals surface area contributed by atoms with Crippen LogP contribution in [0, 0.1) is 5.92 Å². The normalized spacial score (nSPS) is 12.1. The van der Waals surface area contributed by atoms with Crippen molar-refractivity contribution < 1.29 is 9.59 Å². The third-order valence-electron chi connectivity index (χ3n) is 3.69. The fraction of sp³-hybridized carbons (Fsp3) is 0.444. The molecule has 7 nitrogen and oxygen atoms in total. The number of nitrogens with one attached hydrogen (secondary N) is 2. The number of carbonyl (C=O) groups is 2. The Morgan fingerprint density at radius 2 is 1.85 bits per heavy atom. The molecule has 27 heavy (non-hydrogen) atoms. The fourth-order valence-corrected chi connectivity index (χ4v) is 3.28. The summed E-state index contributed by atoms with van der Waals surface area (Å²) in [5, 5.41) is 14.2. The van der Waals surface area contributed by atoms with Gasteiger partial charge in [0.25, 0.3) is 0 Å². The first-order chi connectivity index (χ1) is 12.8. The number of benzene rings is 1. The maximum absolute atomic E-state index is 12.3. The summed E-state index contributed by atoms with van der Waals surface area (Å²) in [7, 11) is 0. The molecule has 1 aromatic carbocycles. The van der Waals surface area contributed by atoms with Crippen LogP contribution in [0.3, 0.4) is 0 Å². The molecule has 1 aromatic heterocycles.